The minimum Gasteiger partial charge on any atom is -0.488 e. The summed E-state index contributed by atoms with van der Waals surface area (Å²) in [6.07, 6.45) is 2.80. The Labute approximate surface area is 126 Å². The van der Waals surface area contributed by atoms with Gasteiger partial charge >= 0.3 is 0 Å². The molecule has 21 heavy (non-hydrogen) atoms. The van der Waals surface area contributed by atoms with Crippen LogP contribution < -0.4 is 10.1 Å². The highest BCUT2D eigenvalue weighted by atomic mass is 16.7. The zero-order valence-electron chi connectivity index (χ0n) is 13.1. The number of nitrogens with one attached hydrogen (secondary N) is 1. The Hall–Kier alpha value is -1.10. The fraction of sp³-hybridized carbons (Fsp3) is 0.647. The van der Waals surface area contributed by atoms with Gasteiger partial charge in [0.1, 0.15) is 11.9 Å². The molecule has 1 aromatic carbocycles. The Bertz CT molecular complexity index is 497. The van der Waals surface area contributed by atoms with Gasteiger partial charge in [0.2, 0.25) is 0 Å². The second kappa shape index (κ2) is 5.95. The van der Waals surface area contributed by atoms with E-state index in [4.69, 9.17) is 14.2 Å². The van der Waals surface area contributed by atoms with E-state index in [1.165, 1.54) is 11.1 Å². The summed E-state index contributed by atoms with van der Waals surface area (Å²) in [6.45, 7) is 5.62. The largest absolute Gasteiger partial charge is 0.488 e. The summed E-state index contributed by atoms with van der Waals surface area (Å²) in [6, 6.07) is 6.55. The van der Waals surface area contributed by atoms with Crippen molar-refractivity contribution in [2.24, 2.45) is 0 Å². The molecule has 0 bridgehead atoms. The van der Waals surface area contributed by atoms with E-state index in [1.54, 1.807) is 0 Å². The summed E-state index contributed by atoms with van der Waals surface area (Å²) in [5, 5.41) is 3.38. The molecule has 1 N–H and O–H groups in total. The molecule has 1 saturated heterocycles. The molecule has 4 heteroatoms. The molecule has 0 amide bonds. The van der Waals surface area contributed by atoms with Crippen LogP contribution in [-0.2, 0) is 9.47 Å². The number of hydrogen-bond donors (Lipinski definition) is 1. The maximum Gasteiger partial charge on any atom is 0.172 e. The van der Waals surface area contributed by atoms with Crippen LogP contribution in [0.1, 0.15) is 30.4 Å². The molecular weight excluding hydrogens is 266 g/mol. The first-order chi connectivity index (χ1) is 10.1. The van der Waals surface area contributed by atoms with Gasteiger partial charge in [-0.05, 0) is 44.5 Å². The summed E-state index contributed by atoms with van der Waals surface area (Å²) in [4.78, 5) is 0. The maximum atomic E-state index is 6.33. The second-order valence-electron chi connectivity index (χ2n) is 6.10. The molecule has 2 unspecified atom stereocenters. The van der Waals surface area contributed by atoms with Gasteiger partial charge in [0.05, 0.1) is 13.2 Å². The van der Waals surface area contributed by atoms with Crippen molar-refractivity contribution in [3.8, 4) is 5.75 Å². The van der Waals surface area contributed by atoms with E-state index in [9.17, 15) is 0 Å². The molecule has 0 radical (unpaired) electrons. The van der Waals surface area contributed by atoms with E-state index < -0.39 is 5.79 Å². The van der Waals surface area contributed by atoms with E-state index in [0.717, 1.165) is 25.0 Å². The number of hydrogen-bond acceptors (Lipinski definition) is 4. The fourth-order valence-electron chi connectivity index (χ4n) is 3.34. The summed E-state index contributed by atoms with van der Waals surface area (Å²) in [5.41, 5.74) is 2.47. The van der Waals surface area contributed by atoms with Gasteiger partial charge in [0, 0.05) is 18.9 Å². The van der Waals surface area contributed by atoms with Crippen LogP contribution in [0, 0.1) is 13.8 Å². The van der Waals surface area contributed by atoms with Crippen LogP contribution in [-0.4, -0.2) is 38.2 Å². The highest BCUT2D eigenvalue weighted by Gasteiger charge is 2.45. The van der Waals surface area contributed by atoms with Gasteiger partial charge in [0.15, 0.2) is 5.79 Å². The van der Waals surface area contributed by atoms with Crippen LogP contribution in [0.15, 0.2) is 18.2 Å². The minimum atomic E-state index is -0.421. The molecule has 3 rings (SSSR count). The van der Waals surface area contributed by atoms with Crippen molar-refractivity contribution >= 4 is 0 Å². The van der Waals surface area contributed by atoms with Crippen LogP contribution in [0.25, 0.3) is 0 Å². The lowest BCUT2D eigenvalue weighted by Crippen LogP contribution is -2.52. The third-order valence-electron chi connectivity index (χ3n) is 4.81. The van der Waals surface area contributed by atoms with Gasteiger partial charge in [-0.25, -0.2) is 0 Å². The van der Waals surface area contributed by atoms with E-state index in [-0.39, 0.29) is 6.10 Å². The number of benzene rings is 1. The summed E-state index contributed by atoms with van der Waals surface area (Å²) in [7, 11) is 2.00. The molecule has 1 saturated carbocycles. The van der Waals surface area contributed by atoms with Crippen LogP contribution in [0.3, 0.4) is 0 Å². The van der Waals surface area contributed by atoms with Gasteiger partial charge in [0.25, 0.3) is 0 Å². The van der Waals surface area contributed by atoms with E-state index >= 15 is 0 Å². The summed E-state index contributed by atoms with van der Waals surface area (Å²) in [5.74, 6) is 0.547. The van der Waals surface area contributed by atoms with E-state index in [1.807, 2.05) is 19.2 Å². The molecular formula is C17H25NO3. The molecule has 1 aliphatic carbocycles. The molecule has 2 aliphatic rings. The summed E-state index contributed by atoms with van der Waals surface area (Å²) < 4.78 is 18.1. The second-order valence-corrected chi connectivity index (χ2v) is 6.10. The third-order valence-corrected chi connectivity index (χ3v) is 4.81. The predicted molar refractivity (Wildman–Crippen MR) is 81.7 cm³/mol. The Kier molecular flexibility index (Phi) is 4.20. The van der Waals surface area contributed by atoms with Crippen molar-refractivity contribution in [2.45, 2.75) is 51.0 Å². The van der Waals surface area contributed by atoms with Crippen molar-refractivity contribution in [2.75, 3.05) is 20.3 Å². The topological polar surface area (TPSA) is 39.7 Å². The monoisotopic (exact) mass is 291 g/mol. The molecule has 1 aliphatic heterocycles. The molecule has 1 heterocycles. The quantitative estimate of drug-likeness (QED) is 0.929. The maximum absolute atomic E-state index is 6.33. The lowest BCUT2D eigenvalue weighted by Gasteiger charge is -2.41. The average Bonchev–Trinajstić information content (AvgIpc) is 2.92. The third kappa shape index (κ3) is 2.93. The molecule has 4 nitrogen and oxygen atoms in total. The molecule has 1 spiro atoms. The molecule has 2 atom stereocenters. The average molecular weight is 291 g/mol. The molecule has 1 aromatic rings. The van der Waals surface area contributed by atoms with Crippen LogP contribution in [0.4, 0.5) is 0 Å². The predicted octanol–water partition coefficient (Wildman–Crippen LogP) is 2.57. The number of rotatable bonds is 3. The Morgan fingerprint density at radius 2 is 2.00 bits per heavy atom. The van der Waals surface area contributed by atoms with Gasteiger partial charge in [-0.15, -0.1) is 0 Å². The lowest BCUT2D eigenvalue weighted by atomic mass is 9.87. The normalized spacial score (nSPS) is 28.0. The summed E-state index contributed by atoms with van der Waals surface area (Å²) >= 11 is 0. The number of ether oxygens (including phenoxy) is 3. The molecule has 2 fully saturated rings. The standard InChI is InChI=1S/C17H25NO3/c1-12-5-4-6-15(13(12)2)21-16-11-17(19-9-10-20-17)8-7-14(16)18-3/h4-6,14,16,18H,7-11H2,1-3H3. The van der Waals surface area contributed by atoms with Gasteiger partial charge < -0.3 is 19.5 Å². The number of likely N-dealkylation sites (N-methyl/N-ethyl adjacent to an activating group) is 1. The molecule has 0 aromatic heterocycles. The van der Waals surface area contributed by atoms with Gasteiger partial charge in [-0.2, -0.15) is 0 Å². The first-order valence-electron chi connectivity index (χ1n) is 7.82. The van der Waals surface area contributed by atoms with Crippen molar-refractivity contribution in [3.63, 3.8) is 0 Å². The first-order valence-corrected chi connectivity index (χ1v) is 7.82. The van der Waals surface area contributed by atoms with E-state index in [2.05, 4.69) is 25.2 Å². The smallest absolute Gasteiger partial charge is 0.172 e. The van der Waals surface area contributed by atoms with Gasteiger partial charge in [-0.3, -0.25) is 0 Å². The van der Waals surface area contributed by atoms with Crippen LogP contribution >= 0.6 is 0 Å². The SMILES string of the molecule is CNC1CCC2(CC1Oc1cccc(C)c1C)OCCO2. The van der Waals surface area contributed by atoms with Crippen LogP contribution in [0.5, 0.6) is 5.75 Å². The van der Waals surface area contributed by atoms with Crippen molar-refractivity contribution in [3.05, 3.63) is 29.3 Å². The Balaban J connectivity index is 1.78. The molecule has 116 valence electrons. The van der Waals surface area contributed by atoms with Crippen molar-refractivity contribution < 1.29 is 14.2 Å². The first kappa shape index (κ1) is 14.8. The van der Waals surface area contributed by atoms with Crippen molar-refractivity contribution in [1.29, 1.82) is 0 Å². The van der Waals surface area contributed by atoms with E-state index in [0.29, 0.717) is 19.3 Å². The van der Waals surface area contributed by atoms with Crippen molar-refractivity contribution in [1.82, 2.24) is 5.32 Å². The van der Waals surface area contributed by atoms with Gasteiger partial charge in [-0.1, -0.05) is 12.1 Å². The van der Waals surface area contributed by atoms with Crippen LogP contribution in [0.2, 0.25) is 0 Å². The lowest BCUT2D eigenvalue weighted by molar-refractivity contribution is -0.196. The zero-order valence-corrected chi connectivity index (χ0v) is 13.1. The number of aryl methyl sites for hydroxylation is 1. The fourth-order valence-corrected chi connectivity index (χ4v) is 3.34. The Morgan fingerprint density at radius 3 is 2.71 bits per heavy atom. The minimum absolute atomic E-state index is 0.0716. The Morgan fingerprint density at radius 1 is 1.24 bits per heavy atom. The zero-order chi connectivity index (χ0) is 14.9. The highest BCUT2D eigenvalue weighted by Crippen LogP contribution is 2.38. The highest BCUT2D eigenvalue weighted by molar-refractivity contribution is 5.38.